The maximum Gasteiger partial charge on any atom is 0.248 e. The number of alkyl halides is 2. The molecule has 2 aliphatic carbocycles. The van der Waals surface area contributed by atoms with Gasteiger partial charge in [-0.3, -0.25) is 0 Å². The fourth-order valence-electron chi connectivity index (χ4n) is 2.39. The van der Waals surface area contributed by atoms with Crippen LogP contribution in [0, 0.1) is 5.92 Å². The van der Waals surface area contributed by atoms with Gasteiger partial charge in [-0.25, -0.2) is 8.78 Å². The summed E-state index contributed by atoms with van der Waals surface area (Å²) >= 11 is 0. The van der Waals surface area contributed by atoms with E-state index >= 15 is 0 Å². The van der Waals surface area contributed by atoms with Crippen molar-refractivity contribution in [3.8, 4) is 0 Å². The molecule has 0 aromatic heterocycles. The van der Waals surface area contributed by atoms with Crippen molar-refractivity contribution < 1.29 is 8.78 Å². The monoisotopic (exact) mass is 198 g/mol. The Bertz CT molecular complexity index is 263. The Morgan fingerprint density at radius 3 is 2.79 bits per heavy atom. The Hall–Kier alpha value is -0.660. The average molecular weight is 198 g/mol. The van der Waals surface area contributed by atoms with Crippen LogP contribution in [0.3, 0.4) is 0 Å². The third-order valence-electron chi connectivity index (χ3n) is 3.14. The van der Waals surface area contributed by atoms with Crippen LogP contribution in [0.5, 0.6) is 0 Å². The van der Waals surface area contributed by atoms with E-state index in [9.17, 15) is 8.78 Å². The van der Waals surface area contributed by atoms with Gasteiger partial charge >= 0.3 is 0 Å². The van der Waals surface area contributed by atoms with E-state index in [1.807, 2.05) is 6.08 Å². The van der Waals surface area contributed by atoms with Gasteiger partial charge in [0.05, 0.1) is 0 Å². The Balaban J connectivity index is 2.04. The van der Waals surface area contributed by atoms with Crippen LogP contribution in [0.15, 0.2) is 23.8 Å². The van der Waals surface area contributed by atoms with Gasteiger partial charge in [0.1, 0.15) is 0 Å². The van der Waals surface area contributed by atoms with Crippen LogP contribution in [0.25, 0.3) is 0 Å². The van der Waals surface area contributed by atoms with Crippen LogP contribution in [0.2, 0.25) is 0 Å². The lowest BCUT2D eigenvalue weighted by atomic mass is 9.80. The zero-order valence-corrected chi connectivity index (χ0v) is 8.31. The quantitative estimate of drug-likeness (QED) is 0.595. The van der Waals surface area contributed by atoms with Gasteiger partial charge in [0.25, 0.3) is 0 Å². The molecule has 0 saturated heterocycles. The van der Waals surface area contributed by atoms with E-state index in [-0.39, 0.29) is 18.8 Å². The molecule has 2 heteroatoms. The zero-order chi connectivity index (χ0) is 10.0. The second kappa shape index (κ2) is 3.84. The molecular formula is C12H16F2. The first-order valence-corrected chi connectivity index (χ1v) is 5.42. The van der Waals surface area contributed by atoms with Gasteiger partial charge in [0.15, 0.2) is 0 Å². The Kier molecular flexibility index (Phi) is 2.71. The van der Waals surface area contributed by atoms with Crippen molar-refractivity contribution in [1.29, 1.82) is 0 Å². The minimum absolute atomic E-state index is 0.0587. The van der Waals surface area contributed by atoms with Crippen LogP contribution >= 0.6 is 0 Å². The number of allylic oxidation sites excluding steroid dienone is 4. The molecular weight excluding hydrogens is 182 g/mol. The fourth-order valence-corrected chi connectivity index (χ4v) is 2.39. The van der Waals surface area contributed by atoms with Crippen LogP contribution < -0.4 is 0 Å². The lowest BCUT2D eigenvalue weighted by Crippen LogP contribution is -2.26. The molecule has 0 nitrogen and oxygen atoms in total. The molecule has 0 heterocycles. The SMILES string of the molecule is FC1(F)CCCC(C2=CCCC=C2)C1. The molecule has 0 spiro atoms. The normalized spacial score (nSPS) is 31.3. The molecule has 2 aliphatic rings. The predicted molar refractivity (Wildman–Crippen MR) is 53.4 cm³/mol. The molecule has 0 amide bonds. The first-order chi connectivity index (χ1) is 6.67. The highest BCUT2D eigenvalue weighted by molar-refractivity contribution is 5.25. The van der Waals surface area contributed by atoms with Gasteiger partial charge in [0, 0.05) is 12.8 Å². The van der Waals surface area contributed by atoms with E-state index < -0.39 is 5.92 Å². The Morgan fingerprint density at radius 1 is 1.29 bits per heavy atom. The average Bonchev–Trinajstić information content (AvgIpc) is 2.18. The Labute approximate surface area is 83.7 Å². The third-order valence-corrected chi connectivity index (χ3v) is 3.14. The van der Waals surface area contributed by atoms with Crippen molar-refractivity contribution in [2.24, 2.45) is 5.92 Å². The van der Waals surface area contributed by atoms with E-state index in [1.165, 1.54) is 0 Å². The maximum atomic E-state index is 13.2. The largest absolute Gasteiger partial charge is 0.248 e. The van der Waals surface area contributed by atoms with Crippen molar-refractivity contribution in [3.63, 3.8) is 0 Å². The first kappa shape index (κ1) is 9.88. The molecule has 78 valence electrons. The van der Waals surface area contributed by atoms with Gasteiger partial charge in [0.2, 0.25) is 5.92 Å². The van der Waals surface area contributed by atoms with Gasteiger partial charge in [-0.2, -0.15) is 0 Å². The number of hydrogen-bond acceptors (Lipinski definition) is 0. The van der Waals surface area contributed by atoms with Crippen molar-refractivity contribution in [1.82, 2.24) is 0 Å². The number of hydrogen-bond donors (Lipinski definition) is 0. The smallest absolute Gasteiger partial charge is 0.207 e. The number of halogens is 2. The molecule has 1 fully saturated rings. The summed E-state index contributed by atoms with van der Waals surface area (Å²) in [6.45, 7) is 0. The zero-order valence-electron chi connectivity index (χ0n) is 8.31. The van der Waals surface area contributed by atoms with Crippen molar-refractivity contribution >= 4 is 0 Å². The Morgan fingerprint density at radius 2 is 2.14 bits per heavy atom. The topological polar surface area (TPSA) is 0 Å². The highest BCUT2D eigenvalue weighted by atomic mass is 19.3. The molecule has 1 atom stereocenters. The van der Waals surface area contributed by atoms with Crippen molar-refractivity contribution in [2.45, 2.75) is 44.4 Å². The molecule has 0 aromatic rings. The summed E-state index contributed by atoms with van der Waals surface area (Å²) in [5, 5.41) is 0. The van der Waals surface area contributed by atoms with Crippen molar-refractivity contribution in [2.75, 3.05) is 0 Å². The summed E-state index contributed by atoms with van der Waals surface area (Å²) in [4.78, 5) is 0. The molecule has 1 unspecified atom stereocenters. The molecule has 0 aromatic carbocycles. The van der Waals surface area contributed by atoms with Crippen LogP contribution in [-0.2, 0) is 0 Å². The van der Waals surface area contributed by atoms with E-state index in [4.69, 9.17) is 0 Å². The van der Waals surface area contributed by atoms with E-state index in [2.05, 4.69) is 12.2 Å². The van der Waals surface area contributed by atoms with Crippen molar-refractivity contribution in [3.05, 3.63) is 23.8 Å². The van der Waals surface area contributed by atoms with Crippen LogP contribution in [0.1, 0.15) is 38.5 Å². The summed E-state index contributed by atoms with van der Waals surface area (Å²) in [6.07, 6.45) is 10.1. The first-order valence-electron chi connectivity index (χ1n) is 5.42. The second-order valence-electron chi connectivity index (χ2n) is 4.33. The molecule has 14 heavy (non-hydrogen) atoms. The minimum atomic E-state index is -2.42. The fraction of sp³-hybridized carbons (Fsp3) is 0.667. The molecule has 0 radical (unpaired) electrons. The molecule has 0 aliphatic heterocycles. The summed E-state index contributed by atoms with van der Waals surface area (Å²) in [5.41, 5.74) is 1.15. The lowest BCUT2D eigenvalue weighted by Gasteiger charge is -2.30. The molecule has 2 rings (SSSR count). The summed E-state index contributed by atoms with van der Waals surface area (Å²) in [6, 6.07) is 0. The second-order valence-corrected chi connectivity index (χ2v) is 4.33. The lowest BCUT2D eigenvalue weighted by molar-refractivity contribution is -0.0465. The predicted octanol–water partition coefficient (Wildman–Crippen LogP) is 4.09. The number of rotatable bonds is 1. The highest BCUT2D eigenvalue weighted by Crippen LogP contribution is 2.40. The van der Waals surface area contributed by atoms with Crippen LogP contribution in [-0.4, -0.2) is 5.92 Å². The summed E-state index contributed by atoms with van der Waals surface area (Å²) in [7, 11) is 0. The van der Waals surface area contributed by atoms with Crippen LogP contribution in [0.4, 0.5) is 8.78 Å². The van der Waals surface area contributed by atoms with Gasteiger partial charge in [-0.15, -0.1) is 0 Å². The minimum Gasteiger partial charge on any atom is -0.207 e. The molecule has 0 N–H and O–H groups in total. The summed E-state index contributed by atoms with van der Waals surface area (Å²) in [5.74, 6) is -2.31. The summed E-state index contributed by atoms with van der Waals surface area (Å²) < 4.78 is 26.3. The highest BCUT2D eigenvalue weighted by Gasteiger charge is 2.36. The maximum absolute atomic E-state index is 13.2. The van der Waals surface area contributed by atoms with E-state index in [0.29, 0.717) is 6.42 Å². The standard InChI is InChI=1S/C12H16F2/c13-12(14)8-4-7-11(9-12)10-5-2-1-3-6-10/h2,5-6,11H,1,3-4,7-9H2. The van der Waals surface area contributed by atoms with Gasteiger partial charge in [-0.05, 0) is 37.2 Å². The van der Waals surface area contributed by atoms with Gasteiger partial charge < -0.3 is 0 Å². The van der Waals surface area contributed by atoms with E-state index in [0.717, 1.165) is 24.8 Å². The molecule has 0 bridgehead atoms. The van der Waals surface area contributed by atoms with Gasteiger partial charge in [-0.1, -0.05) is 18.2 Å². The van der Waals surface area contributed by atoms with E-state index in [1.54, 1.807) is 0 Å². The third kappa shape index (κ3) is 2.23. The molecule has 1 saturated carbocycles.